The maximum Gasteiger partial charge on any atom is 0.302 e. The Hall–Kier alpha value is -0.690. The van der Waals surface area contributed by atoms with Crippen molar-refractivity contribution in [3.8, 4) is 0 Å². The fourth-order valence-corrected chi connectivity index (χ4v) is 10.9. The van der Waals surface area contributed by atoms with E-state index in [0.717, 1.165) is 94.3 Å². The van der Waals surface area contributed by atoms with Gasteiger partial charge in [-0.25, -0.2) is 0 Å². The molecule has 0 aliphatic heterocycles. The van der Waals surface area contributed by atoms with Crippen LogP contribution in [-0.2, 0) is 9.53 Å². The predicted molar refractivity (Wildman–Crippen MR) is 178 cm³/mol. The number of hydrogen-bond acceptors (Lipinski definition) is 6. The molecule has 250 valence electrons. The summed E-state index contributed by atoms with van der Waals surface area (Å²) in [5, 5.41) is 20.2. The van der Waals surface area contributed by atoms with Gasteiger partial charge in [0.2, 0.25) is 0 Å². The number of aliphatic hydroxyl groups is 1. The van der Waals surface area contributed by atoms with Crippen LogP contribution in [0.1, 0.15) is 132 Å². The quantitative estimate of drug-likeness (QED) is 0.123. The first kappa shape index (κ1) is 35.2. The second-order valence-corrected chi connectivity index (χ2v) is 16.5. The summed E-state index contributed by atoms with van der Waals surface area (Å²) in [6, 6.07) is 0.0417. The molecule has 0 aromatic rings. The number of carbonyl (C=O) groups is 1. The Morgan fingerprint density at radius 3 is 2.40 bits per heavy atom. The van der Waals surface area contributed by atoms with Crippen LogP contribution < -0.4 is 16.4 Å². The van der Waals surface area contributed by atoms with Crippen LogP contribution in [-0.4, -0.2) is 55.0 Å². The third-order valence-corrected chi connectivity index (χ3v) is 13.9. The van der Waals surface area contributed by atoms with Crippen molar-refractivity contribution < 1.29 is 14.6 Å². The van der Waals surface area contributed by atoms with Crippen molar-refractivity contribution in [2.24, 2.45) is 58.0 Å². The largest absolute Gasteiger partial charge is 0.462 e. The summed E-state index contributed by atoms with van der Waals surface area (Å²) in [7, 11) is 0. The maximum atomic E-state index is 12.8. The van der Waals surface area contributed by atoms with Crippen LogP contribution in [0, 0.1) is 52.3 Å². The van der Waals surface area contributed by atoms with Gasteiger partial charge >= 0.3 is 5.97 Å². The van der Waals surface area contributed by atoms with Crippen molar-refractivity contribution in [1.29, 1.82) is 0 Å². The van der Waals surface area contributed by atoms with E-state index in [-0.39, 0.29) is 23.5 Å². The molecular weight excluding hydrogens is 534 g/mol. The Labute approximate surface area is 264 Å². The molecule has 4 saturated carbocycles. The van der Waals surface area contributed by atoms with Gasteiger partial charge in [-0.2, -0.15) is 0 Å². The Balaban J connectivity index is 1.49. The number of nitrogens with one attached hydrogen (secondary N) is 2. The number of esters is 1. The fraction of sp³-hybridized carbons (Fsp3) is 0.973. The van der Waals surface area contributed by atoms with Crippen LogP contribution in [0.25, 0.3) is 0 Å². The number of hydrogen-bond donors (Lipinski definition) is 4. The molecule has 11 atom stereocenters. The molecule has 0 saturated heterocycles. The lowest BCUT2D eigenvalue weighted by molar-refractivity contribution is -0.237. The molecule has 43 heavy (non-hydrogen) atoms. The predicted octanol–water partition coefficient (Wildman–Crippen LogP) is 6.69. The highest BCUT2D eigenvalue weighted by atomic mass is 16.5. The van der Waals surface area contributed by atoms with E-state index in [1.807, 2.05) is 0 Å². The molecule has 4 fully saturated rings. The molecule has 4 rings (SSSR count). The maximum absolute atomic E-state index is 12.8. The first-order valence-corrected chi connectivity index (χ1v) is 18.4. The molecule has 4 aliphatic carbocycles. The highest BCUT2D eigenvalue weighted by Crippen LogP contribution is 2.69. The van der Waals surface area contributed by atoms with Crippen LogP contribution in [0.3, 0.4) is 0 Å². The molecule has 0 amide bonds. The van der Waals surface area contributed by atoms with Crippen molar-refractivity contribution in [3.05, 3.63) is 0 Å². The van der Waals surface area contributed by atoms with Gasteiger partial charge in [0.25, 0.3) is 0 Å². The van der Waals surface area contributed by atoms with Crippen molar-refractivity contribution >= 4 is 5.97 Å². The normalized spacial score (nSPS) is 40.4. The number of carbonyl (C=O) groups excluding carboxylic acids is 1. The highest BCUT2D eigenvalue weighted by Gasteiger charge is 2.67. The summed E-state index contributed by atoms with van der Waals surface area (Å²) in [5.74, 6) is 4.91. The summed E-state index contributed by atoms with van der Waals surface area (Å²) >= 11 is 0. The van der Waals surface area contributed by atoms with Gasteiger partial charge < -0.3 is 26.2 Å². The third-order valence-electron chi connectivity index (χ3n) is 13.9. The Morgan fingerprint density at radius 1 is 0.953 bits per heavy atom. The minimum atomic E-state index is -0.854. The fourth-order valence-electron chi connectivity index (χ4n) is 10.9. The van der Waals surface area contributed by atoms with E-state index in [0.29, 0.717) is 23.7 Å². The van der Waals surface area contributed by atoms with E-state index in [1.54, 1.807) is 0 Å². The smallest absolute Gasteiger partial charge is 0.302 e. The van der Waals surface area contributed by atoms with E-state index in [4.69, 9.17) is 10.5 Å². The van der Waals surface area contributed by atoms with E-state index < -0.39 is 5.60 Å². The number of rotatable bonds is 15. The Bertz CT molecular complexity index is 898. The molecule has 0 bridgehead atoms. The van der Waals surface area contributed by atoms with Crippen LogP contribution in [0.15, 0.2) is 0 Å². The standard InChI is InChI=1S/C37H69N3O3/c1-25(2)26(3)11-12-27(4)31-13-14-32-30-23-34(40-22-10-21-39-20-9-8-19-38)37(42)24-29(43-28(5)41)15-18-36(37,7)33(30)16-17-35(31,32)6/h25-27,29-34,39-40,42H,8-24,38H2,1-7H3/t26-,27-,29?,30+,31-,32+,33+,34?,35-,36-,37?/m1/s1. The molecule has 6 heteroatoms. The summed E-state index contributed by atoms with van der Waals surface area (Å²) < 4.78 is 5.76. The number of ether oxygens (including phenoxy) is 1. The molecule has 5 N–H and O–H groups in total. The lowest BCUT2D eigenvalue weighted by Crippen LogP contribution is -2.71. The summed E-state index contributed by atoms with van der Waals surface area (Å²) in [4.78, 5) is 11.9. The zero-order valence-corrected chi connectivity index (χ0v) is 29.1. The summed E-state index contributed by atoms with van der Waals surface area (Å²) in [5.41, 5.74) is 5.05. The first-order valence-electron chi connectivity index (χ1n) is 18.4. The average Bonchev–Trinajstić information content (AvgIpc) is 3.31. The molecule has 3 unspecified atom stereocenters. The molecule has 0 aromatic heterocycles. The summed E-state index contributed by atoms with van der Waals surface area (Å²) in [6.45, 7) is 20.0. The zero-order chi connectivity index (χ0) is 31.4. The molecule has 0 aromatic carbocycles. The van der Waals surface area contributed by atoms with Crippen LogP contribution in [0.2, 0.25) is 0 Å². The van der Waals surface area contributed by atoms with E-state index in [1.165, 1.54) is 45.4 Å². The third kappa shape index (κ3) is 7.33. The van der Waals surface area contributed by atoms with Gasteiger partial charge in [0.05, 0.1) is 5.60 Å². The van der Waals surface area contributed by atoms with E-state index in [9.17, 15) is 9.90 Å². The Morgan fingerprint density at radius 2 is 1.70 bits per heavy atom. The van der Waals surface area contributed by atoms with Gasteiger partial charge in [-0.15, -0.1) is 0 Å². The molecule has 4 aliphatic rings. The monoisotopic (exact) mass is 604 g/mol. The molecule has 0 radical (unpaired) electrons. The second kappa shape index (κ2) is 14.8. The average molecular weight is 604 g/mol. The van der Waals surface area contributed by atoms with Gasteiger partial charge in [-0.3, -0.25) is 4.79 Å². The highest BCUT2D eigenvalue weighted by molar-refractivity contribution is 5.66. The van der Waals surface area contributed by atoms with E-state index >= 15 is 0 Å². The van der Waals surface area contributed by atoms with Crippen molar-refractivity contribution in [3.63, 3.8) is 0 Å². The molecule has 6 nitrogen and oxygen atoms in total. The van der Waals surface area contributed by atoms with Crippen molar-refractivity contribution in [2.45, 2.75) is 150 Å². The zero-order valence-electron chi connectivity index (χ0n) is 29.1. The van der Waals surface area contributed by atoms with Crippen molar-refractivity contribution in [1.82, 2.24) is 10.6 Å². The topological polar surface area (TPSA) is 96.6 Å². The van der Waals surface area contributed by atoms with Gasteiger partial charge in [-0.05, 0) is 137 Å². The van der Waals surface area contributed by atoms with E-state index in [2.05, 4.69) is 52.2 Å². The van der Waals surface area contributed by atoms with Gasteiger partial charge in [0.15, 0.2) is 0 Å². The minimum Gasteiger partial charge on any atom is -0.462 e. The van der Waals surface area contributed by atoms with Gasteiger partial charge in [-0.1, -0.05) is 54.4 Å². The molecule has 0 spiro atoms. The van der Waals surface area contributed by atoms with Crippen molar-refractivity contribution in [2.75, 3.05) is 26.2 Å². The van der Waals surface area contributed by atoms with Gasteiger partial charge in [0.1, 0.15) is 6.10 Å². The molecule has 0 heterocycles. The lowest BCUT2D eigenvalue weighted by atomic mass is 9.42. The molecular formula is C37H69N3O3. The first-order chi connectivity index (χ1) is 20.4. The van der Waals surface area contributed by atoms with Crippen LogP contribution in [0.4, 0.5) is 0 Å². The number of unbranched alkanes of at least 4 members (excludes halogenated alkanes) is 1. The minimum absolute atomic E-state index is 0.0417. The van der Waals surface area contributed by atoms with Crippen LogP contribution >= 0.6 is 0 Å². The lowest BCUT2D eigenvalue weighted by Gasteiger charge is -2.66. The van der Waals surface area contributed by atoms with Gasteiger partial charge in [0, 0.05) is 24.8 Å². The Kier molecular flexibility index (Phi) is 12.1. The summed E-state index contributed by atoms with van der Waals surface area (Å²) in [6.07, 6.45) is 14.5. The number of nitrogens with two attached hydrogens (primary N) is 1. The second-order valence-electron chi connectivity index (χ2n) is 16.5. The number of fused-ring (bicyclic) bond motifs is 5. The SMILES string of the molecule is CC(=O)OC1CC[C@]2(C)[C@H]3CC[C@]4(C)[C@@H]([C@H](C)CC[C@@H](C)C(C)C)CC[C@H]4[C@@H]3CC(NCCCNCCCCN)C2(O)C1. The van der Waals surface area contributed by atoms with Crippen LogP contribution in [0.5, 0.6) is 0 Å².